The Kier molecular flexibility index (Phi) is 7.06. The number of aliphatic hydroxyl groups is 5. The molecule has 0 unspecified atom stereocenters. The van der Waals surface area contributed by atoms with E-state index < -0.39 is 85.8 Å². The molecule has 5 N–H and O–H groups in total. The molecular formula is C24H30O13. The lowest BCUT2D eigenvalue weighted by atomic mass is 9.85. The lowest BCUT2D eigenvalue weighted by Crippen LogP contribution is -2.60. The second-order valence-electron chi connectivity index (χ2n) is 9.36. The van der Waals surface area contributed by atoms with Crippen molar-refractivity contribution in [2.75, 3.05) is 27.4 Å². The topological polar surface area (TPSA) is 186 Å². The third-order valence-electron chi connectivity index (χ3n) is 7.46. The van der Waals surface area contributed by atoms with Gasteiger partial charge in [-0.3, -0.25) is 0 Å². The van der Waals surface area contributed by atoms with Crippen LogP contribution in [0.2, 0.25) is 0 Å². The van der Waals surface area contributed by atoms with Gasteiger partial charge in [0.05, 0.1) is 45.2 Å². The molecule has 13 heteroatoms. The standard InChI is InChI=1S/C24H30O13/c1-31-12-4-3-10(7-13(12)32-2)21(30)35-19-11-5-6-33-22(15(11)24(9-26)20(19)37-24)36-23-18(29)17(28)16(27)14(8-25)34-23/h3-7,11,14-20,22-23,25-29H,8-9H2,1-2H3/t11-,14+,15+,16+,17-,18+,19-,20-,22+,23-,24+/m0/s1. The summed E-state index contributed by atoms with van der Waals surface area (Å²) in [5.41, 5.74) is -0.918. The number of epoxide rings is 1. The minimum atomic E-state index is -1.65. The predicted octanol–water partition coefficient (Wildman–Crippen LogP) is -1.71. The quantitative estimate of drug-likeness (QED) is 0.191. The predicted molar refractivity (Wildman–Crippen MR) is 119 cm³/mol. The molecule has 1 aliphatic carbocycles. The molecule has 4 aliphatic rings. The van der Waals surface area contributed by atoms with Crippen LogP contribution in [0.3, 0.4) is 0 Å². The number of esters is 1. The van der Waals surface area contributed by atoms with Crippen LogP contribution in [0.5, 0.6) is 11.5 Å². The highest BCUT2D eigenvalue weighted by Gasteiger charge is 2.77. The third-order valence-corrected chi connectivity index (χ3v) is 7.46. The number of fused-ring (bicyclic) bond motifs is 3. The van der Waals surface area contributed by atoms with E-state index in [1.807, 2.05) is 0 Å². The van der Waals surface area contributed by atoms with E-state index in [4.69, 9.17) is 33.2 Å². The summed E-state index contributed by atoms with van der Waals surface area (Å²) < 4.78 is 39.0. The first-order valence-corrected chi connectivity index (χ1v) is 11.8. The zero-order valence-corrected chi connectivity index (χ0v) is 20.1. The van der Waals surface area contributed by atoms with Crippen molar-refractivity contribution in [3.05, 3.63) is 36.1 Å². The van der Waals surface area contributed by atoms with Gasteiger partial charge in [0.25, 0.3) is 0 Å². The van der Waals surface area contributed by atoms with Gasteiger partial charge in [0.1, 0.15) is 42.2 Å². The molecule has 2 saturated heterocycles. The van der Waals surface area contributed by atoms with Crippen LogP contribution in [0.15, 0.2) is 30.5 Å². The molecule has 204 valence electrons. The molecule has 13 nitrogen and oxygen atoms in total. The smallest absolute Gasteiger partial charge is 0.338 e. The van der Waals surface area contributed by atoms with Gasteiger partial charge in [-0.05, 0) is 24.3 Å². The van der Waals surface area contributed by atoms with Crippen LogP contribution in [0.1, 0.15) is 10.4 Å². The van der Waals surface area contributed by atoms with Gasteiger partial charge in [-0.15, -0.1) is 0 Å². The third kappa shape index (κ3) is 4.25. The molecule has 3 aliphatic heterocycles. The molecule has 1 aromatic carbocycles. The SMILES string of the molecule is COc1ccc(C(=O)O[C@H]2[C@H]3C=CO[C@H](O[C@@H]4O[C@H](CO)[C@@H](O)[C@H](O)[C@H]4O)[C@@H]3[C@@]3(CO)O[C@@H]23)cc1OC. The van der Waals surface area contributed by atoms with Gasteiger partial charge in [0.15, 0.2) is 17.8 Å². The molecule has 5 rings (SSSR count). The van der Waals surface area contributed by atoms with E-state index in [-0.39, 0.29) is 5.56 Å². The number of ether oxygens (including phenoxy) is 7. The van der Waals surface area contributed by atoms with Crippen LogP contribution in [0.25, 0.3) is 0 Å². The van der Waals surface area contributed by atoms with Gasteiger partial charge in [0, 0.05) is 5.92 Å². The van der Waals surface area contributed by atoms with Crippen molar-refractivity contribution in [2.24, 2.45) is 11.8 Å². The number of carbonyl (C=O) groups excluding carboxylic acids is 1. The Bertz CT molecular complexity index is 1030. The van der Waals surface area contributed by atoms with Crippen LogP contribution < -0.4 is 9.47 Å². The van der Waals surface area contributed by atoms with Gasteiger partial charge in [-0.1, -0.05) is 0 Å². The van der Waals surface area contributed by atoms with Crippen LogP contribution in [-0.4, -0.2) is 114 Å². The largest absolute Gasteiger partial charge is 0.493 e. The maximum absolute atomic E-state index is 13.0. The number of methoxy groups -OCH3 is 2. The number of carbonyl (C=O) groups is 1. The fourth-order valence-corrected chi connectivity index (χ4v) is 5.44. The Balaban J connectivity index is 1.34. The summed E-state index contributed by atoms with van der Waals surface area (Å²) in [6.07, 6.45) is -7.02. The van der Waals surface area contributed by atoms with Crippen molar-refractivity contribution in [3.8, 4) is 11.5 Å². The summed E-state index contributed by atoms with van der Waals surface area (Å²) in [5.74, 6) is -1.00. The second kappa shape index (κ2) is 10.0. The van der Waals surface area contributed by atoms with E-state index in [0.717, 1.165) is 0 Å². The van der Waals surface area contributed by atoms with Gasteiger partial charge in [-0.25, -0.2) is 4.79 Å². The van der Waals surface area contributed by atoms with E-state index >= 15 is 0 Å². The van der Waals surface area contributed by atoms with Crippen LogP contribution in [0.4, 0.5) is 0 Å². The van der Waals surface area contributed by atoms with Crippen LogP contribution >= 0.6 is 0 Å². The number of aliphatic hydroxyl groups excluding tert-OH is 5. The first-order chi connectivity index (χ1) is 17.8. The molecular weight excluding hydrogens is 496 g/mol. The molecule has 0 bridgehead atoms. The van der Waals surface area contributed by atoms with E-state index in [0.29, 0.717) is 11.5 Å². The number of hydrogen-bond donors (Lipinski definition) is 5. The van der Waals surface area contributed by atoms with Gasteiger partial charge >= 0.3 is 5.97 Å². The summed E-state index contributed by atoms with van der Waals surface area (Å²) in [6.45, 7) is -1.04. The van der Waals surface area contributed by atoms with E-state index in [1.165, 1.54) is 32.6 Å². The highest BCUT2D eigenvalue weighted by Crippen LogP contribution is 2.60. The molecule has 37 heavy (non-hydrogen) atoms. The average molecular weight is 526 g/mol. The van der Waals surface area contributed by atoms with E-state index in [2.05, 4.69) is 0 Å². The first-order valence-electron chi connectivity index (χ1n) is 11.8. The Morgan fingerprint density at radius 2 is 1.78 bits per heavy atom. The second-order valence-corrected chi connectivity index (χ2v) is 9.36. The first kappa shape index (κ1) is 26.1. The fourth-order valence-electron chi connectivity index (χ4n) is 5.44. The molecule has 1 aromatic rings. The van der Waals surface area contributed by atoms with Gasteiger partial charge < -0.3 is 58.7 Å². The lowest BCUT2D eigenvalue weighted by Gasteiger charge is -2.43. The average Bonchev–Trinajstić information content (AvgIpc) is 3.60. The Morgan fingerprint density at radius 1 is 1.03 bits per heavy atom. The minimum Gasteiger partial charge on any atom is -0.493 e. The van der Waals surface area contributed by atoms with Crippen molar-refractivity contribution in [3.63, 3.8) is 0 Å². The summed E-state index contributed by atoms with van der Waals surface area (Å²) >= 11 is 0. The Hall–Kier alpha value is -2.49. The highest BCUT2D eigenvalue weighted by atomic mass is 16.8. The monoisotopic (exact) mass is 526 g/mol. The molecule has 3 heterocycles. The molecule has 3 fully saturated rings. The number of rotatable bonds is 8. The Labute approximate surface area is 211 Å². The van der Waals surface area contributed by atoms with Crippen molar-refractivity contribution in [1.29, 1.82) is 0 Å². The molecule has 0 radical (unpaired) electrons. The molecule has 11 atom stereocenters. The number of benzene rings is 1. The van der Waals surface area contributed by atoms with Gasteiger partial charge in [-0.2, -0.15) is 0 Å². The van der Waals surface area contributed by atoms with Crippen molar-refractivity contribution < 1.29 is 63.5 Å². The molecule has 1 saturated carbocycles. The lowest BCUT2D eigenvalue weighted by molar-refractivity contribution is -0.344. The van der Waals surface area contributed by atoms with E-state index in [1.54, 1.807) is 12.1 Å². The summed E-state index contributed by atoms with van der Waals surface area (Å²) in [7, 11) is 2.93. The molecule has 0 aromatic heterocycles. The zero-order chi connectivity index (χ0) is 26.5. The van der Waals surface area contributed by atoms with Crippen LogP contribution in [-0.2, 0) is 23.7 Å². The van der Waals surface area contributed by atoms with Crippen molar-refractivity contribution in [1.82, 2.24) is 0 Å². The maximum atomic E-state index is 13.0. The fraction of sp³-hybridized carbons (Fsp3) is 0.625. The minimum absolute atomic E-state index is 0.224. The summed E-state index contributed by atoms with van der Waals surface area (Å²) in [4.78, 5) is 13.0. The summed E-state index contributed by atoms with van der Waals surface area (Å²) in [5, 5.41) is 50.2. The molecule has 0 amide bonds. The maximum Gasteiger partial charge on any atom is 0.338 e. The van der Waals surface area contributed by atoms with E-state index in [9.17, 15) is 30.3 Å². The summed E-state index contributed by atoms with van der Waals surface area (Å²) in [6, 6.07) is 4.61. The van der Waals surface area contributed by atoms with Crippen molar-refractivity contribution >= 4 is 5.97 Å². The normalized spacial score (nSPS) is 41.8. The molecule has 0 spiro atoms. The van der Waals surface area contributed by atoms with Gasteiger partial charge in [0.2, 0.25) is 6.29 Å². The van der Waals surface area contributed by atoms with Crippen molar-refractivity contribution in [2.45, 2.75) is 54.8 Å². The Morgan fingerprint density at radius 3 is 2.46 bits per heavy atom. The highest BCUT2D eigenvalue weighted by molar-refractivity contribution is 5.90. The van der Waals surface area contributed by atoms with Crippen LogP contribution in [0, 0.1) is 11.8 Å². The zero-order valence-electron chi connectivity index (χ0n) is 20.1. The number of hydrogen-bond acceptors (Lipinski definition) is 13.